The summed E-state index contributed by atoms with van der Waals surface area (Å²) in [7, 11) is -3.38. The lowest BCUT2D eigenvalue weighted by Crippen LogP contribution is -2.46. The molecule has 1 saturated heterocycles. The number of sulfonamides is 1. The van der Waals surface area contributed by atoms with Crippen LogP contribution in [0.15, 0.2) is 57.8 Å². The van der Waals surface area contributed by atoms with Crippen LogP contribution in [-0.4, -0.2) is 80.9 Å². The number of anilines is 1. The van der Waals surface area contributed by atoms with Crippen molar-refractivity contribution in [2.45, 2.75) is 17.9 Å². The first kappa shape index (κ1) is 23.3. The van der Waals surface area contributed by atoms with Crippen LogP contribution in [0.4, 0.5) is 5.69 Å². The Labute approximate surface area is 205 Å². The summed E-state index contributed by atoms with van der Waals surface area (Å²) in [5.74, 6) is -0.0867. The summed E-state index contributed by atoms with van der Waals surface area (Å²) in [6, 6.07) is 16.1. The van der Waals surface area contributed by atoms with Crippen molar-refractivity contribution in [3.05, 3.63) is 59.7 Å². The first-order chi connectivity index (χ1) is 16.5. The average molecular weight is 500 g/mol. The number of piperazine rings is 1. The summed E-state index contributed by atoms with van der Waals surface area (Å²) >= 11 is 1.31. The number of fused-ring (bicyclic) bond motifs is 3. The quantitative estimate of drug-likeness (QED) is 0.585. The molecule has 1 amide bonds. The van der Waals surface area contributed by atoms with E-state index in [0.29, 0.717) is 23.8 Å². The van der Waals surface area contributed by atoms with E-state index in [2.05, 4.69) is 49.8 Å². The van der Waals surface area contributed by atoms with E-state index in [0.717, 1.165) is 56.3 Å². The van der Waals surface area contributed by atoms with E-state index in [-0.39, 0.29) is 11.7 Å². The summed E-state index contributed by atoms with van der Waals surface area (Å²) in [5.41, 5.74) is 2.86. The molecule has 10 heteroatoms. The molecule has 3 aliphatic heterocycles. The van der Waals surface area contributed by atoms with E-state index in [1.807, 2.05) is 17.0 Å². The van der Waals surface area contributed by atoms with Gasteiger partial charge in [0.05, 0.1) is 11.4 Å². The highest BCUT2D eigenvalue weighted by Crippen LogP contribution is 2.42. The van der Waals surface area contributed by atoms with E-state index in [4.69, 9.17) is 0 Å². The van der Waals surface area contributed by atoms with Crippen LogP contribution in [0.2, 0.25) is 0 Å². The zero-order chi connectivity index (χ0) is 23.5. The van der Waals surface area contributed by atoms with E-state index < -0.39 is 10.0 Å². The number of hydrogen-bond donors (Lipinski definition) is 1. The summed E-state index contributed by atoms with van der Waals surface area (Å²) in [6.45, 7) is 7.25. The van der Waals surface area contributed by atoms with Crippen LogP contribution in [0.25, 0.3) is 0 Å². The smallest absolute Gasteiger partial charge is 0.257 e. The number of rotatable bonds is 7. The van der Waals surface area contributed by atoms with Gasteiger partial charge in [0.25, 0.3) is 15.9 Å². The first-order valence-corrected chi connectivity index (χ1v) is 14.1. The van der Waals surface area contributed by atoms with Crippen molar-refractivity contribution in [3.8, 4) is 0 Å². The molecule has 0 radical (unpaired) electrons. The van der Waals surface area contributed by atoms with Gasteiger partial charge in [0.2, 0.25) is 0 Å². The average Bonchev–Trinajstić information content (AvgIpc) is 3.18. The number of amidine groups is 1. The monoisotopic (exact) mass is 499 g/mol. The Morgan fingerprint density at radius 1 is 1.00 bits per heavy atom. The molecule has 0 saturated carbocycles. The maximum Gasteiger partial charge on any atom is 0.257 e. The third-order valence-electron chi connectivity index (χ3n) is 6.39. The minimum absolute atomic E-state index is 0.0147. The molecule has 2 aromatic carbocycles. The topological polar surface area (TPSA) is 85.3 Å². The maximum absolute atomic E-state index is 12.6. The van der Waals surface area contributed by atoms with Gasteiger partial charge in [0.1, 0.15) is 0 Å². The second-order valence-electron chi connectivity index (χ2n) is 8.81. The van der Waals surface area contributed by atoms with Gasteiger partial charge in [0, 0.05) is 56.3 Å². The lowest BCUT2D eigenvalue weighted by molar-refractivity contribution is 0.0947. The van der Waals surface area contributed by atoms with Crippen LogP contribution in [0, 0.1) is 0 Å². The van der Waals surface area contributed by atoms with Gasteiger partial charge in [-0.05, 0) is 48.5 Å². The van der Waals surface area contributed by atoms with Crippen molar-refractivity contribution in [3.63, 3.8) is 0 Å². The number of nitrogens with zero attached hydrogens (tertiary/aromatic N) is 4. The van der Waals surface area contributed by atoms with Gasteiger partial charge in [-0.15, -0.1) is 4.40 Å². The predicted octanol–water partition coefficient (Wildman–Crippen LogP) is 2.24. The number of nitrogens with one attached hydrogen (secondary N) is 1. The predicted molar refractivity (Wildman–Crippen MR) is 136 cm³/mol. The molecule has 5 rings (SSSR count). The third-order valence-corrected chi connectivity index (χ3v) is 8.69. The molecule has 34 heavy (non-hydrogen) atoms. The Hall–Kier alpha value is -2.40. The molecule has 1 fully saturated rings. The Morgan fingerprint density at radius 3 is 2.56 bits per heavy atom. The lowest BCUT2D eigenvalue weighted by Gasteiger charge is -2.34. The number of carbonyl (C=O) groups is 1. The van der Waals surface area contributed by atoms with Gasteiger partial charge in [0.15, 0.2) is 5.17 Å². The van der Waals surface area contributed by atoms with Gasteiger partial charge < -0.3 is 15.1 Å². The molecule has 8 nitrogen and oxygen atoms in total. The van der Waals surface area contributed by atoms with Crippen LogP contribution in [0.3, 0.4) is 0 Å². The maximum atomic E-state index is 12.6. The van der Waals surface area contributed by atoms with E-state index in [1.54, 1.807) is 6.07 Å². The molecule has 0 aromatic heterocycles. The fourth-order valence-corrected chi connectivity index (χ4v) is 6.79. The molecule has 2 aromatic rings. The van der Waals surface area contributed by atoms with Gasteiger partial charge in [-0.25, -0.2) is 8.42 Å². The van der Waals surface area contributed by atoms with Crippen molar-refractivity contribution in [1.29, 1.82) is 0 Å². The summed E-state index contributed by atoms with van der Waals surface area (Å²) in [6.07, 6.45) is 0.909. The SMILES string of the molecule is O=C(NCCCN1CCN(Cc2ccccc2)CC1)c1ccc2c(c1)SC1=NS(=O)(=O)CCN12. The third kappa shape index (κ3) is 5.46. The minimum Gasteiger partial charge on any atom is -0.352 e. The molecule has 1 N–H and O–H groups in total. The largest absolute Gasteiger partial charge is 0.352 e. The second-order valence-corrected chi connectivity index (χ2v) is 11.6. The fourth-order valence-electron chi connectivity index (χ4n) is 4.49. The van der Waals surface area contributed by atoms with Crippen molar-refractivity contribution in [1.82, 2.24) is 15.1 Å². The highest BCUT2D eigenvalue weighted by Gasteiger charge is 2.33. The molecule has 3 aliphatic rings. The molecule has 0 aliphatic carbocycles. The highest BCUT2D eigenvalue weighted by molar-refractivity contribution is 8.15. The number of benzene rings is 2. The number of thioether (sulfide) groups is 1. The molecule has 180 valence electrons. The standard InChI is InChI=1S/C24H29N5O3S2/c30-23(20-7-8-21-22(17-20)33-24-26-34(31,32)16-15-29(21)24)25-9-4-10-27-11-13-28(14-12-27)18-19-5-2-1-3-6-19/h1-3,5-8,17H,4,9-16,18H2,(H,25,30). The van der Waals surface area contributed by atoms with E-state index in [1.165, 1.54) is 17.3 Å². The summed E-state index contributed by atoms with van der Waals surface area (Å²) in [4.78, 5) is 20.4. The van der Waals surface area contributed by atoms with Crippen molar-refractivity contribution in [2.75, 3.05) is 56.5 Å². The highest BCUT2D eigenvalue weighted by atomic mass is 32.2. The molecule has 0 atom stereocenters. The Balaban J connectivity index is 1.05. The van der Waals surface area contributed by atoms with Crippen LogP contribution in [0.1, 0.15) is 22.3 Å². The fraction of sp³-hybridized carbons (Fsp3) is 0.417. The van der Waals surface area contributed by atoms with Crippen LogP contribution in [-0.2, 0) is 16.6 Å². The zero-order valence-corrected chi connectivity index (χ0v) is 20.7. The molecule has 0 spiro atoms. The summed E-state index contributed by atoms with van der Waals surface area (Å²) in [5, 5.41) is 3.50. The van der Waals surface area contributed by atoms with E-state index in [9.17, 15) is 13.2 Å². The second kappa shape index (κ2) is 10.1. The van der Waals surface area contributed by atoms with Crippen LogP contribution >= 0.6 is 11.8 Å². The molecule has 3 heterocycles. The van der Waals surface area contributed by atoms with Crippen LogP contribution < -0.4 is 10.2 Å². The Kier molecular flexibility index (Phi) is 6.91. The van der Waals surface area contributed by atoms with Crippen molar-refractivity contribution in [2.24, 2.45) is 4.40 Å². The molecular formula is C24H29N5O3S2. The normalized spacial score (nSPS) is 19.9. The van der Waals surface area contributed by atoms with Gasteiger partial charge in [-0.1, -0.05) is 30.3 Å². The van der Waals surface area contributed by atoms with Crippen molar-refractivity contribution < 1.29 is 13.2 Å². The van der Waals surface area contributed by atoms with E-state index >= 15 is 0 Å². The lowest BCUT2D eigenvalue weighted by atomic mass is 10.1. The number of hydrogen-bond acceptors (Lipinski definition) is 7. The van der Waals surface area contributed by atoms with Crippen molar-refractivity contribution >= 4 is 38.5 Å². The molecule has 0 bridgehead atoms. The molecule has 0 unspecified atom stereocenters. The van der Waals surface area contributed by atoms with Gasteiger partial charge in [-0.2, -0.15) is 0 Å². The first-order valence-electron chi connectivity index (χ1n) is 11.7. The zero-order valence-electron chi connectivity index (χ0n) is 19.0. The van der Waals surface area contributed by atoms with Gasteiger partial charge >= 0.3 is 0 Å². The number of amides is 1. The Morgan fingerprint density at radius 2 is 1.76 bits per heavy atom. The van der Waals surface area contributed by atoms with Crippen LogP contribution in [0.5, 0.6) is 0 Å². The number of carbonyl (C=O) groups excluding carboxylic acids is 1. The van der Waals surface area contributed by atoms with Gasteiger partial charge in [-0.3, -0.25) is 9.69 Å². The Bertz CT molecular complexity index is 1180. The minimum atomic E-state index is -3.38. The summed E-state index contributed by atoms with van der Waals surface area (Å²) < 4.78 is 27.4. The molecular weight excluding hydrogens is 470 g/mol.